The van der Waals surface area contributed by atoms with Crippen LogP contribution in [0.15, 0.2) is 0 Å². The molecule has 1 aliphatic rings. The summed E-state index contributed by atoms with van der Waals surface area (Å²) in [4.78, 5) is 16.4. The molecule has 4 heteroatoms. The molecule has 106 valence electrons. The minimum Gasteiger partial charge on any atom is -0.342 e. The van der Waals surface area contributed by atoms with E-state index in [4.69, 9.17) is 0 Å². The van der Waals surface area contributed by atoms with E-state index in [9.17, 15) is 4.79 Å². The van der Waals surface area contributed by atoms with Gasteiger partial charge in [0.2, 0.25) is 5.91 Å². The SMILES string of the molecule is CCCNCC(=O)N(C)C1CCN(CCC)CC1. The Labute approximate surface area is 112 Å². The molecular formula is C14H29N3O. The Hall–Kier alpha value is -0.610. The molecule has 1 aliphatic heterocycles. The molecule has 1 rings (SSSR count). The lowest BCUT2D eigenvalue weighted by molar-refractivity contribution is -0.131. The van der Waals surface area contributed by atoms with Crippen molar-refractivity contribution in [3.05, 3.63) is 0 Å². The zero-order valence-corrected chi connectivity index (χ0v) is 12.2. The lowest BCUT2D eigenvalue weighted by atomic mass is 10.0. The molecule has 0 atom stereocenters. The van der Waals surface area contributed by atoms with E-state index in [-0.39, 0.29) is 5.91 Å². The van der Waals surface area contributed by atoms with E-state index in [0.717, 1.165) is 38.9 Å². The molecule has 1 heterocycles. The Bertz CT molecular complexity index is 237. The molecule has 0 unspecified atom stereocenters. The van der Waals surface area contributed by atoms with Crippen molar-refractivity contribution < 1.29 is 4.79 Å². The van der Waals surface area contributed by atoms with Gasteiger partial charge in [-0.1, -0.05) is 13.8 Å². The first-order valence-corrected chi connectivity index (χ1v) is 7.37. The summed E-state index contributed by atoms with van der Waals surface area (Å²) in [6, 6.07) is 0.439. The van der Waals surface area contributed by atoms with Crippen LogP contribution in [0.5, 0.6) is 0 Å². The number of likely N-dealkylation sites (tertiary alicyclic amines) is 1. The zero-order valence-electron chi connectivity index (χ0n) is 12.2. The van der Waals surface area contributed by atoms with Crippen LogP contribution in [0.25, 0.3) is 0 Å². The second-order valence-electron chi connectivity index (χ2n) is 5.25. The minimum atomic E-state index is 0.234. The van der Waals surface area contributed by atoms with Crippen LogP contribution in [-0.4, -0.2) is 61.5 Å². The molecule has 4 nitrogen and oxygen atoms in total. The Morgan fingerprint density at radius 2 is 1.94 bits per heavy atom. The van der Waals surface area contributed by atoms with Gasteiger partial charge in [0.05, 0.1) is 6.54 Å². The number of amides is 1. The fourth-order valence-corrected chi connectivity index (χ4v) is 2.55. The molecule has 0 radical (unpaired) electrons. The summed E-state index contributed by atoms with van der Waals surface area (Å²) in [7, 11) is 1.95. The van der Waals surface area contributed by atoms with E-state index < -0.39 is 0 Å². The predicted octanol–water partition coefficient (Wildman–Crippen LogP) is 1.32. The molecule has 0 aromatic rings. The number of rotatable bonds is 7. The molecule has 0 aliphatic carbocycles. The van der Waals surface area contributed by atoms with E-state index in [1.165, 1.54) is 13.0 Å². The maximum Gasteiger partial charge on any atom is 0.236 e. The van der Waals surface area contributed by atoms with Gasteiger partial charge in [0.15, 0.2) is 0 Å². The third-order valence-electron chi connectivity index (χ3n) is 3.74. The van der Waals surface area contributed by atoms with Gasteiger partial charge >= 0.3 is 0 Å². The standard InChI is InChI=1S/C14H29N3O/c1-4-8-15-12-14(18)16(3)13-6-10-17(9-5-2)11-7-13/h13,15H,4-12H2,1-3H3. The number of carbonyl (C=O) groups is 1. The highest BCUT2D eigenvalue weighted by Crippen LogP contribution is 2.15. The first-order chi connectivity index (χ1) is 8.69. The van der Waals surface area contributed by atoms with Gasteiger partial charge < -0.3 is 15.1 Å². The molecule has 1 amide bonds. The lowest BCUT2D eigenvalue weighted by Crippen LogP contribution is -2.47. The van der Waals surface area contributed by atoms with Gasteiger partial charge in [-0.05, 0) is 38.8 Å². The number of nitrogens with one attached hydrogen (secondary N) is 1. The van der Waals surface area contributed by atoms with Gasteiger partial charge in [-0.15, -0.1) is 0 Å². The number of piperidine rings is 1. The molecule has 18 heavy (non-hydrogen) atoms. The van der Waals surface area contributed by atoms with Crippen molar-refractivity contribution >= 4 is 5.91 Å². The van der Waals surface area contributed by atoms with Crippen LogP contribution in [0.4, 0.5) is 0 Å². The molecular weight excluding hydrogens is 226 g/mol. The Morgan fingerprint density at radius 3 is 2.50 bits per heavy atom. The fourth-order valence-electron chi connectivity index (χ4n) is 2.55. The van der Waals surface area contributed by atoms with Crippen molar-refractivity contribution in [2.24, 2.45) is 0 Å². The Balaban J connectivity index is 2.26. The van der Waals surface area contributed by atoms with Crippen molar-refractivity contribution in [2.75, 3.05) is 39.8 Å². The molecule has 0 aromatic heterocycles. The summed E-state index contributed by atoms with van der Waals surface area (Å²) in [5.74, 6) is 0.234. The van der Waals surface area contributed by atoms with Crippen LogP contribution in [0.2, 0.25) is 0 Å². The number of hydrogen-bond acceptors (Lipinski definition) is 3. The summed E-state index contributed by atoms with van der Waals surface area (Å²) in [5.41, 5.74) is 0. The monoisotopic (exact) mass is 255 g/mol. The van der Waals surface area contributed by atoms with Crippen LogP contribution < -0.4 is 5.32 Å². The third-order valence-corrected chi connectivity index (χ3v) is 3.74. The Kier molecular flexibility index (Phi) is 7.28. The van der Waals surface area contributed by atoms with Crippen LogP contribution >= 0.6 is 0 Å². The van der Waals surface area contributed by atoms with E-state index in [0.29, 0.717) is 12.6 Å². The average molecular weight is 255 g/mol. The van der Waals surface area contributed by atoms with Crippen molar-refractivity contribution in [1.82, 2.24) is 15.1 Å². The van der Waals surface area contributed by atoms with Gasteiger partial charge in [-0.25, -0.2) is 0 Å². The normalized spacial score (nSPS) is 17.9. The van der Waals surface area contributed by atoms with Crippen LogP contribution in [0.1, 0.15) is 39.5 Å². The number of carbonyl (C=O) groups excluding carboxylic acids is 1. The first kappa shape index (κ1) is 15.4. The highest BCUT2D eigenvalue weighted by molar-refractivity contribution is 5.78. The molecule has 1 N–H and O–H groups in total. The van der Waals surface area contributed by atoms with Gasteiger partial charge in [-0.3, -0.25) is 4.79 Å². The maximum atomic E-state index is 12.0. The summed E-state index contributed by atoms with van der Waals surface area (Å²) in [5, 5.41) is 3.18. The van der Waals surface area contributed by atoms with Crippen molar-refractivity contribution in [3.8, 4) is 0 Å². The first-order valence-electron chi connectivity index (χ1n) is 7.37. The summed E-state index contributed by atoms with van der Waals surface area (Å²) >= 11 is 0. The highest BCUT2D eigenvalue weighted by atomic mass is 16.2. The molecule has 0 bridgehead atoms. The van der Waals surface area contributed by atoms with E-state index in [1.807, 2.05) is 11.9 Å². The topological polar surface area (TPSA) is 35.6 Å². The fraction of sp³-hybridized carbons (Fsp3) is 0.929. The largest absolute Gasteiger partial charge is 0.342 e. The number of likely N-dealkylation sites (N-methyl/N-ethyl adjacent to an activating group) is 1. The average Bonchev–Trinajstić information content (AvgIpc) is 2.39. The molecule has 0 spiro atoms. The van der Waals surface area contributed by atoms with E-state index >= 15 is 0 Å². The van der Waals surface area contributed by atoms with Crippen LogP contribution in [0.3, 0.4) is 0 Å². The predicted molar refractivity (Wildman–Crippen MR) is 75.7 cm³/mol. The maximum absolute atomic E-state index is 12.0. The van der Waals surface area contributed by atoms with E-state index in [2.05, 4.69) is 24.1 Å². The third kappa shape index (κ3) is 4.94. The minimum absolute atomic E-state index is 0.234. The number of nitrogens with zero attached hydrogens (tertiary/aromatic N) is 2. The van der Waals surface area contributed by atoms with Gasteiger partial charge in [-0.2, -0.15) is 0 Å². The smallest absolute Gasteiger partial charge is 0.236 e. The summed E-state index contributed by atoms with van der Waals surface area (Å²) in [6.45, 7) is 9.22. The summed E-state index contributed by atoms with van der Waals surface area (Å²) in [6.07, 6.45) is 4.54. The zero-order chi connectivity index (χ0) is 13.4. The molecule has 0 saturated carbocycles. The Morgan fingerprint density at radius 1 is 1.28 bits per heavy atom. The van der Waals surface area contributed by atoms with Crippen molar-refractivity contribution in [3.63, 3.8) is 0 Å². The van der Waals surface area contributed by atoms with Crippen LogP contribution in [-0.2, 0) is 4.79 Å². The van der Waals surface area contributed by atoms with E-state index in [1.54, 1.807) is 0 Å². The second-order valence-corrected chi connectivity index (χ2v) is 5.25. The van der Waals surface area contributed by atoms with Gasteiger partial charge in [0.25, 0.3) is 0 Å². The van der Waals surface area contributed by atoms with Crippen molar-refractivity contribution in [1.29, 1.82) is 0 Å². The number of hydrogen-bond donors (Lipinski definition) is 1. The quantitative estimate of drug-likeness (QED) is 0.697. The van der Waals surface area contributed by atoms with Gasteiger partial charge in [0.1, 0.15) is 0 Å². The summed E-state index contributed by atoms with van der Waals surface area (Å²) < 4.78 is 0. The molecule has 1 fully saturated rings. The van der Waals surface area contributed by atoms with Crippen molar-refractivity contribution in [2.45, 2.75) is 45.6 Å². The van der Waals surface area contributed by atoms with Crippen LogP contribution in [0, 0.1) is 0 Å². The lowest BCUT2D eigenvalue weighted by Gasteiger charge is -2.36. The highest BCUT2D eigenvalue weighted by Gasteiger charge is 2.24. The second kappa shape index (κ2) is 8.48. The molecule has 1 saturated heterocycles. The van der Waals surface area contributed by atoms with Gasteiger partial charge in [0, 0.05) is 26.2 Å². The molecule has 0 aromatic carbocycles.